The van der Waals surface area contributed by atoms with Gasteiger partial charge in [-0.3, -0.25) is 4.84 Å². The van der Waals surface area contributed by atoms with E-state index >= 15 is 0 Å². The van der Waals surface area contributed by atoms with Gasteiger partial charge in [0.1, 0.15) is 6.10 Å². The first-order chi connectivity index (χ1) is 6.74. The van der Waals surface area contributed by atoms with Gasteiger partial charge in [0.25, 0.3) is 0 Å². The third-order valence-corrected chi connectivity index (χ3v) is 2.61. The fourth-order valence-electron chi connectivity index (χ4n) is 1.77. The average Bonchev–Trinajstić information content (AvgIpc) is 2.56. The Morgan fingerprint density at radius 3 is 2.71 bits per heavy atom. The molecule has 1 atom stereocenters. The number of hydrogen-bond donors (Lipinski definition) is 1. The number of rotatable bonds is 2. The van der Waals surface area contributed by atoms with Crippen LogP contribution in [0.1, 0.15) is 18.7 Å². The van der Waals surface area contributed by atoms with Gasteiger partial charge in [0.15, 0.2) is 0 Å². The number of nitrogens with zero attached hydrogens (tertiary/aromatic N) is 1. The van der Waals surface area contributed by atoms with Crippen LogP contribution in [0.5, 0.6) is 0 Å². The minimum Gasteiger partial charge on any atom is -0.345 e. The Labute approximate surface area is 83.0 Å². The molecule has 0 saturated carbocycles. The van der Waals surface area contributed by atoms with Crippen LogP contribution in [0, 0.1) is 0 Å². The summed E-state index contributed by atoms with van der Waals surface area (Å²) in [5.74, 6) is 5.18. The summed E-state index contributed by atoms with van der Waals surface area (Å²) < 4.78 is 2.10. The second-order valence-corrected chi connectivity index (χ2v) is 3.47. The molecule has 0 fully saturated rings. The van der Waals surface area contributed by atoms with Crippen LogP contribution < -0.4 is 5.90 Å². The molecule has 3 heteroatoms. The fraction of sp³-hybridized carbons (Fsp3) is 0.273. The quantitative estimate of drug-likeness (QED) is 0.737. The maximum atomic E-state index is 5.18. The van der Waals surface area contributed by atoms with E-state index in [0.717, 1.165) is 5.69 Å². The molecule has 0 radical (unpaired) electrons. The zero-order valence-electron chi connectivity index (χ0n) is 8.40. The molecule has 2 rings (SSSR count). The summed E-state index contributed by atoms with van der Waals surface area (Å²) in [6.07, 6.45) is -0.0765. The number of aromatic nitrogens is 1. The molecule has 2 N–H and O–H groups in total. The van der Waals surface area contributed by atoms with Crippen molar-refractivity contribution in [3.05, 3.63) is 36.0 Å². The van der Waals surface area contributed by atoms with Crippen molar-refractivity contribution in [2.24, 2.45) is 12.9 Å². The van der Waals surface area contributed by atoms with Crippen molar-refractivity contribution < 1.29 is 4.84 Å². The summed E-state index contributed by atoms with van der Waals surface area (Å²) in [7, 11) is 2.02. The number of benzene rings is 1. The van der Waals surface area contributed by atoms with Gasteiger partial charge in [-0.15, -0.1) is 0 Å². The van der Waals surface area contributed by atoms with E-state index in [1.807, 2.05) is 26.1 Å². The van der Waals surface area contributed by atoms with Crippen molar-refractivity contribution in [3.63, 3.8) is 0 Å². The Bertz CT molecular complexity index is 447. The van der Waals surface area contributed by atoms with Crippen LogP contribution in [-0.2, 0) is 11.9 Å². The minimum absolute atomic E-state index is 0.0765. The third kappa shape index (κ3) is 1.31. The average molecular weight is 190 g/mol. The second-order valence-electron chi connectivity index (χ2n) is 3.47. The third-order valence-electron chi connectivity index (χ3n) is 2.61. The Morgan fingerprint density at radius 1 is 1.36 bits per heavy atom. The summed E-state index contributed by atoms with van der Waals surface area (Å²) in [5.41, 5.74) is 2.29. The molecule has 0 aliphatic rings. The Morgan fingerprint density at radius 2 is 2.07 bits per heavy atom. The molecule has 0 aliphatic carbocycles. The number of hydrogen-bond acceptors (Lipinski definition) is 2. The predicted octanol–water partition coefficient (Wildman–Crippen LogP) is 2.13. The first kappa shape index (κ1) is 9.24. The molecule has 2 aromatic rings. The van der Waals surface area contributed by atoms with Gasteiger partial charge in [-0.2, -0.15) is 0 Å². The van der Waals surface area contributed by atoms with E-state index < -0.39 is 0 Å². The summed E-state index contributed by atoms with van der Waals surface area (Å²) in [6, 6.07) is 10.3. The number of nitrogens with two attached hydrogens (primary N) is 1. The van der Waals surface area contributed by atoms with Crippen LogP contribution in [0.3, 0.4) is 0 Å². The highest BCUT2D eigenvalue weighted by atomic mass is 16.6. The van der Waals surface area contributed by atoms with Gasteiger partial charge < -0.3 is 4.57 Å². The minimum atomic E-state index is -0.0765. The molecular weight excluding hydrogens is 176 g/mol. The summed E-state index contributed by atoms with van der Waals surface area (Å²) >= 11 is 0. The highest BCUT2D eigenvalue weighted by Gasteiger charge is 2.11. The van der Waals surface area contributed by atoms with E-state index in [9.17, 15) is 0 Å². The number of fused-ring (bicyclic) bond motifs is 1. The maximum absolute atomic E-state index is 5.18. The van der Waals surface area contributed by atoms with E-state index in [4.69, 9.17) is 10.7 Å². The fourth-order valence-corrected chi connectivity index (χ4v) is 1.77. The van der Waals surface area contributed by atoms with Crippen LogP contribution in [0.15, 0.2) is 30.3 Å². The van der Waals surface area contributed by atoms with Gasteiger partial charge in [-0.1, -0.05) is 18.2 Å². The van der Waals surface area contributed by atoms with E-state index in [-0.39, 0.29) is 6.10 Å². The first-order valence-corrected chi connectivity index (χ1v) is 4.64. The van der Waals surface area contributed by atoms with Crippen LogP contribution in [0.2, 0.25) is 0 Å². The zero-order valence-corrected chi connectivity index (χ0v) is 8.40. The second kappa shape index (κ2) is 3.44. The smallest absolute Gasteiger partial charge is 0.116 e. The van der Waals surface area contributed by atoms with Gasteiger partial charge in [0.05, 0.1) is 0 Å². The summed E-state index contributed by atoms with van der Waals surface area (Å²) in [5, 5.41) is 1.22. The molecule has 0 saturated heterocycles. The molecule has 74 valence electrons. The first-order valence-electron chi connectivity index (χ1n) is 4.64. The highest BCUT2D eigenvalue weighted by Crippen LogP contribution is 2.23. The predicted molar refractivity (Wildman–Crippen MR) is 56.6 cm³/mol. The van der Waals surface area contributed by atoms with E-state index in [1.54, 1.807) is 0 Å². The Kier molecular flexibility index (Phi) is 2.27. The van der Waals surface area contributed by atoms with Gasteiger partial charge in [-0.25, -0.2) is 5.90 Å². The van der Waals surface area contributed by atoms with Crippen LogP contribution in [0.4, 0.5) is 0 Å². The molecule has 0 amide bonds. The highest BCUT2D eigenvalue weighted by molar-refractivity contribution is 5.81. The molecule has 1 aromatic carbocycles. The SMILES string of the molecule is CC(ON)c1cc2ccccc2n1C. The van der Waals surface area contributed by atoms with E-state index in [1.165, 1.54) is 10.9 Å². The van der Waals surface area contributed by atoms with Crippen LogP contribution in [-0.4, -0.2) is 4.57 Å². The molecule has 3 nitrogen and oxygen atoms in total. The molecule has 1 aromatic heterocycles. The van der Waals surface area contributed by atoms with Crippen molar-refractivity contribution in [2.45, 2.75) is 13.0 Å². The zero-order chi connectivity index (χ0) is 10.1. The van der Waals surface area contributed by atoms with Gasteiger partial charge >= 0.3 is 0 Å². The van der Waals surface area contributed by atoms with Gasteiger partial charge in [0, 0.05) is 18.3 Å². The van der Waals surface area contributed by atoms with Crippen molar-refractivity contribution in [1.29, 1.82) is 0 Å². The lowest BCUT2D eigenvalue weighted by atomic mass is 10.2. The molecule has 1 heterocycles. The largest absolute Gasteiger partial charge is 0.345 e. The normalized spacial score (nSPS) is 13.4. The van der Waals surface area contributed by atoms with Crippen LogP contribution >= 0.6 is 0 Å². The Hall–Kier alpha value is -1.32. The van der Waals surface area contributed by atoms with Crippen molar-refractivity contribution in [1.82, 2.24) is 4.57 Å². The van der Waals surface area contributed by atoms with Crippen molar-refractivity contribution >= 4 is 10.9 Å². The molecular formula is C11H14N2O. The van der Waals surface area contributed by atoms with Gasteiger partial charge in [-0.05, 0) is 24.4 Å². The van der Waals surface area contributed by atoms with Crippen molar-refractivity contribution in [3.8, 4) is 0 Å². The summed E-state index contributed by atoms with van der Waals surface area (Å²) in [4.78, 5) is 4.83. The monoisotopic (exact) mass is 190 g/mol. The molecule has 0 spiro atoms. The van der Waals surface area contributed by atoms with Gasteiger partial charge in [0.2, 0.25) is 0 Å². The van der Waals surface area contributed by atoms with E-state index in [0.29, 0.717) is 0 Å². The molecule has 14 heavy (non-hydrogen) atoms. The molecule has 0 aliphatic heterocycles. The van der Waals surface area contributed by atoms with Crippen LogP contribution in [0.25, 0.3) is 10.9 Å². The van der Waals surface area contributed by atoms with E-state index in [2.05, 4.69) is 22.8 Å². The lowest BCUT2D eigenvalue weighted by Crippen LogP contribution is -2.09. The lowest BCUT2D eigenvalue weighted by Gasteiger charge is -2.09. The topological polar surface area (TPSA) is 40.2 Å². The lowest BCUT2D eigenvalue weighted by molar-refractivity contribution is 0.0617. The maximum Gasteiger partial charge on any atom is 0.116 e. The molecule has 0 bridgehead atoms. The Balaban J connectivity index is 2.62. The summed E-state index contributed by atoms with van der Waals surface area (Å²) in [6.45, 7) is 1.94. The standard InChI is InChI=1S/C11H14N2O/c1-8(14-12)11-7-9-5-3-4-6-10(9)13(11)2/h3-8H,12H2,1-2H3. The number of aryl methyl sites for hydroxylation is 1. The molecule has 1 unspecified atom stereocenters. The van der Waals surface area contributed by atoms with Crippen molar-refractivity contribution in [2.75, 3.05) is 0 Å². The number of para-hydroxylation sites is 1.